The van der Waals surface area contributed by atoms with E-state index in [9.17, 15) is 9.50 Å². The zero-order chi connectivity index (χ0) is 24.2. The van der Waals surface area contributed by atoms with E-state index in [2.05, 4.69) is 28.1 Å². The van der Waals surface area contributed by atoms with Crippen LogP contribution in [-0.4, -0.2) is 43.5 Å². The first-order valence-electron chi connectivity index (χ1n) is 11.0. The molecule has 1 aliphatic carbocycles. The van der Waals surface area contributed by atoms with Gasteiger partial charge in [0.05, 0.1) is 18.4 Å². The average molecular weight is 456 g/mol. The Kier molecular flexibility index (Phi) is 10.5. The maximum absolute atomic E-state index is 14.1. The van der Waals surface area contributed by atoms with E-state index in [1.165, 1.54) is 18.2 Å². The summed E-state index contributed by atoms with van der Waals surface area (Å²) in [4.78, 5) is 0. The van der Waals surface area contributed by atoms with E-state index in [-0.39, 0.29) is 17.5 Å². The van der Waals surface area contributed by atoms with Gasteiger partial charge >= 0.3 is 0 Å². The third kappa shape index (κ3) is 8.00. The summed E-state index contributed by atoms with van der Waals surface area (Å²) in [6.07, 6.45) is 11.5. The number of allylic oxidation sites excluding steroid dienone is 3. The summed E-state index contributed by atoms with van der Waals surface area (Å²) in [5.41, 5.74) is 1.71. The summed E-state index contributed by atoms with van der Waals surface area (Å²) < 4.78 is 20.2. The van der Waals surface area contributed by atoms with Gasteiger partial charge in [0.2, 0.25) is 0 Å². The van der Waals surface area contributed by atoms with E-state index >= 15 is 0 Å². The van der Waals surface area contributed by atoms with Crippen molar-refractivity contribution >= 4 is 17.7 Å². The minimum absolute atomic E-state index is 0.0643. The Bertz CT molecular complexity index is 939. The molecule has 1 aliphatic rings. The third-order valence-electron chi connectivity index (χ3n) is 5.18. The summed E-state index contributed by atoms with van der Waals surface area (Å²) >= 11 is 0. The average Bonchev–Trinajstić information content (AvgIpc) is 2.83. The van der Waals surface area contributed by atoms with Crippen LogP contribution in [-0.2, 0) is 4.74 Å². The molecule has 0 spiro atoms. The van der Waals surface area contributed by atoms with Crippen molar-refractivity contribution in [3.63, 3.8) is 0 Å². The number of likely N-dealkylation sites (N-methyl/N-ethyl adjacent to an activating group) is 1. The molecule has 178 valence electrons. The maximum Gasteiger partial charge on any atom is 0.123 e. The van der Waals surface area contributed by atoms with Crippen LogP contribution in [0, 0.1) is 22.6 Å². The molecule has 1 aromatic rings. The Morgan fingerprint density at radius 1 is 1.36 bits per heavy atom. The summed E-state index contributed by atoms with van der Waals surface area (Å²) in [5, 5.41) is 35.4. The van der Waals surface area contributed by atoms with Gasteiger partial charge in [0.15, 0.2) is 0 Å². The van der Waals surface area contributed by atoms with Gasteiger partial charge in [0.1, 0.15) is 17.8 Å². The van der Waals surface area contributed by atoms with Gasteiger partial charge in [-0.2, -0.15) is 0 Å². The van der Waals surface area contributed by atoms with E-state index in [1.54, 1.807) is 19.3 Å². The summed E-state index contributed by atoms with van der Waals surface area (Å²) in [5.74, 6) is -0.0654. The van der Waals surface area contributed by atoms with Crippen LogP contribution >= 0.6 is 0 Å². The SMILES string of the molecule is CCN/C=C(\C=N)C(O)/C(=C/C(=N)NC)Nc1ccc(F)cc1[C@@H](C)OCC1C=CC=CC1. The zero-order valence-electron chi connectivity index (χ0n) is 19.4. The van der Waals surface area contributed by atoms with Crippen molar-refractivity contribution < 1.29 is 14.2 Å². The molecule has 8 heteroatoms. The highest BCUT2D eigenvalue weighted by molar-refractivity contribution is 5.92. The second-order valence-electron chi connectivity index (χ2n) is 7.65. The van der Waals surface area contributed by atoms with Gasteiger partial charge in [-0.25, -0.2) is 4.39 Å². The molecule has 33 heavy (non-hydrogen) atoms. The molecule has 0 heterocycles. The van der Waals surface area contributed by atoms with Crippen LogP contribution < -0.4 is 16.0 Å². The molecule has 0 saturated carbocycles. The van der Waals surface area contributed by atoms with Crippen molar-refractivity contribution in [1.82, 2.24) is 10.6 Å². The zero-order valence-corrected chi connectivity index (χ0v) is 19.4. The maximum atomic E-state index is 14.1. The van der Waals surface area contributed by atoms with E-state index in [4.69, 9.17) is 15.6 Å². The molecule has 2 unspecified atom stereocenters. The molecule has 7 nitrogen and oxygen atoms in total. The number of nitrogens with one attached hydrogen (secondary N) is 5. The Morgan fingerprint density at radius 3 is 2.79 bits per heavy atom. The van der Waals surface area contributed by atoms with Gasteiger partial charge in [0.25, 0.3) is 0 Å². The third-order valence-corrected chi connectivity index (χ3v) is 5.18. The molecular weight excluding hydrogens is 421 g/mol. The highest BCUT2D eigenvalue weighted by Crippen LogP contribution is 2.29. The topological polar surface area (TPSA) is 113 Å². The summed E-state index contributed by atoms with van der Waals surface area (Å²) in [7, 11) is 1.60. The van der Waals surface area contributed by atoms with Gasteiger partial charge in [-0.05, 0) is 38.5 Å². The van der Waals surface area contributed by atoms with Crippen molar-refractivity contribution in [2.45, 2.75) is 32.5 Å². The molecule has 0 radical (unpaired) electrons. The lowest BCUT2D eigenvalue weighted by Gasteiger charge is -2.24. The van der Waals surface area contributed by atoms with Gasteiger partial charge in [-0.1, -0.05) is 24.3 Å². The van der Waals surface area contributed by atoms with E-state index in [0.717, 1.165) is 12.6 Å². The molecule has 0 aliphatic heterocycles. The Balaban J connectivity index is 2.30. The summed E-state index contributed by atoms with van der Waals surface area (Å²) in [6.45, 7) is 4.89. The smallest absolute Gasteiger partial charge is 0.123 e. The number of hydrogen-bond acceptors (Lipinski definition) is 6. The molecule has 0 amide bonds. The predicted molar refractivity (Wildman–Crippen MR) is 132 cm³/mol. The van der Waals surface area contributed by atoms with Crippen LogP contribution in [0.15, 0.2) is 66.0 Å². The van der Waals surface area contributed by atoms with E-state index in [0.29, 0.717) is 30.0 Å². The van der Waals surface area contributed by atoms with E-state index < -0.39 is 18.0 Å². The molecule has 2 rings (SSSR count). The normalized spacial score (nSPS) is 17.9. The summed E-state index contributed by atoms with van der Waals surface area (Å²) in [6, 6.07) is 4.31. The van der Waals surface area contributed by atoms with Crippen LogP contribution in [0.3, 0.4) is 0 Å². The number of rotatable bonds is 12. The quantitative estimate of drug-likeness (QED) is 0.210. The van der Waals surface area contributed by atoms with Gasteiger partial charge in [0, 0.05) is 54.8 Å². The lowest BCUT2D eigenvalue weighted by Crippen LogP contribution is -2.26. The highest BCUT2D eigenvalue weighted by Gasteiger charge is 2.20. The fourth-order valence-corrected chi connectivity index (χ4v) is 3.26. The number of ether oxygens (including phenoxy) is 1. The Morgan fingerprint density at radius 2 is 2.15 bits per heavy atom. The standard InChI is InChI=1S/C25H34FN5O2/c1-4-30-15-19(14-27)25(32)23(13-24(28)29-3)31-22-11-10-20(26)12-21(22)17(2)33-16-18-8-6-5-7-9-18/h5-8,10-15,17-18,25,27,30-32H,4,9,16H2,1-3H3,(H2,28,29)/b19-15+,23-13-,27-14?/t17-,18?,25?/m1/s1. The second kappa shape index (κ2) is 13.3. The second-order valence-corrected chi connectivity index (χ2v) is 7.65. The number of benzene rings is 1. The first kappa shape index (κ1) is 26.0. The molecule has 0 aromatic heterocycles. The lowest BCUT2D eigenvalue weighted by atomic mass is 10.0. The van der Waals surface area contributed by atoms with Gasteiger partial charge in [-0.15, -0.1) is 0 Å². The van der Waals surface area contributed by atoms with Crippen LogP contribution in [0.1, 0.15) is 31.9 Å². The van der Waals surface area contributed by atoms with Crippen molar-refractivity contribution in [2.75, 3.05) is 25.5 Å². The fraction of sp³-hybridized carbons (Fsp3) is 0.360. The van der Waals surface area contributed by atoms with Crippen LogP contribution in [0.4, 0.5) is 10.1 Å². The molecule has 6 N–H and O–H groups in total. The van der Waals surface area contributed by atoms with Crippen molar-refractivity contribution in [2.24, 2.45) is 5.92 Å². The minimum atomic E-state index is -1.21. The van der Waals surface area contributed by atoms with E-state index in [1.807, 2.05) is 26.0 Å². The van der Waals surface area contributed by atoms with Crippen molar-refractivity contribution in [1.29, 1.82) is 10.8 Å². The molecule has 1 aromatic carbocycles. The first-order chi connectivity index (χ1) is 15.9. The molecular formula is C25H34FN5O2. The monoisotopic (exact) mass is 455 g/mol. The number of halogens is 1. The predicted octanol–water partition coefficient (Wildman–Crippen LogP) is 4.03. The van der Waals surface area contributed by atoms with Crippen LogP contribution in [0.2, 0.25) is 0 Å². The largest absolute Gasteiger partial charge is 0.391 e. The molecule has 0 fully saturated rings. The fourth-order valence-electron chi connectivity index (χ4n) is 3.26. The van der Waals surface area contributed by atoms with Crippen molar-refractivity contribution in [3.05, 3.63) is 77.4 Å². The number of anilines is 1. The number of hydrogen-bond donors (Lipinski definition) is 6. The van der Waals surface area contributed by atoms with Gasteiger partial charge < -0.3 is 31.2 Å². The highest BCUT2D eigenvalue weighted by atomic mass is 19.1. The van der Waals surface area contributed by atoms with Crippen LogP contribution in [0.5, 0.6) is 0 Å². The number of aliphatic hydroxyl groups excluding tert-OH is 1. The lowest BCUT2D eigenvalue weighted by molar-refractivity contribution is 0.0495. The Labute approximate surface area is 195 Å². The number of aliphatic hydroxyl groups is 1. The molecule has 3 atom stereocenters. The Hall–Kier alpha value is -3.23. The van der Waals surface area contributed by atoms with Crippen molar-refractivity contribution in [3.8, 4) is 0 Å². The van der Waals surface area contributed by atoms with Crippen LogP contribution in [0.25, 0.3) is 0 Å². The minimum Gasteiger partial charge on any atom is -0.391 e. The number of amidine groups is 1. The van der Waals surface area contributed by atoms with Gasteiger partial charge in [-0.3, -0.25) is 5.41 Å². The first-order valence-corrected chi connectivity index (χ1v) is 11.0. The molecule has 0 bridgehead atoms. The molecule has 0 saturated heterocycles.